The van der Waals surface area contributed by atoms with E-state index >= 15 is 0 Å². The molecule has 6 heteroatoms. The highest BCUT2D eigenvalue weighted by molar-refractivity contribution is 5.89. The molecule has 0 unspecified atom stereocenters. The maximum Gasteiger partial charge on any atom is 0.237 e. The zero-order valence-corrected chi connectivity index (χ0v) is 10.1. The van der Waals surface area contributed by atoms with Gasteiger partial charge in [0.1, 0.15) is 17.9 Å². The predicted octanol–water partition coefficient (Wildman–Crippen LogP) is 0.424. The van der Waals surface area contributed by atoms with E-state index in [-0.39, 0.29) is 6.54 Å². The van der Waals surface area contributed by atoms with E-state index in [4.69, 9.17) is 11.5 Å². The van der Waals surface area contributed by atoms with Crippen LogP contribution in [0.1, 0.15) is 17.1 Å². The Bertz CT molecular complexity index is 614. The van der Waals surface area contributed by atoms with Crippen LogP contribution in [0.4, 0.5) is 5.82 Å². The molecule has 2 rings (SSSR count). The summed E-state index contributed by atoms with van der Waals surface area (Å²) in [6, 6.07) is 0. The summed E-state index contributed by atoms with van der Waals surface area (Å²) in [5.41, 5.74) is 14.3. The van der Waals surface area contributed by atoms with Gasteiger partial charge in [-0.3, -0.25) is 4.79 Å². The summed E-state index contributed by atoms with van der Waals surface area (Å²) in [4.78, 5) is 19.6. The van der Waals surface area contributed by atoms with E-state index in [0.717, 1.165) is 16.8 Å². The molecule has 0 saturated carbocycles. The highest BCUT2D eigenvalue weighted by Crippen LogP contribution is 2.25. The van der Waals surface area contributed by atoms with E-state index in [9.17, 15) is 4.79 Å². The normalized spacial score (nSPS) is 11.0. The molecule has 17 heavy (non-hydrogen) atoms. The fourth-order valence-electron chi connectivity index (χ4n) is 1.96. The second-order valence-corrected chi connectivity index (χ2v) is 4.12. The van der Waals surface area contributed by atoms with Gasteiger partial charge in [0, 0.05) is 5.69 Å². The molecule has 4 N–H and O–H groups in total. The summed E-state index contributed by atoms with van der Waals surface area (Å²) in [7, 11) is 0. The van der Waals surface area contributed by atoms with E-state index in [1.54, 1.807) is 4.57 Å². The molecule has 0 aliphatic heterocycles. The van der Waals surface area contributed by atoms with E-state index in [1.165, 1.54) is 0 Å². The molecule has 0 bridgehead atoms. The van der Waals surface area contributed by atoms with Crippen molar-refractivity contribution in [2.24, 2.45) is 5.73 Å². The van der Waals surface area contributed by atoms with Crippen molar-refractivity contribution in [3.8, 4) is 0 Å². The number of nitrogens with zero attached hydrogens (tertiary/aromatic N) is 3. The number of carbonyl (C=O) groups excluding carboxylic acids is 1. The molecule has 0 radical (unpaired) electrons. The van der Waals surface area contributed by atoms with Crippen molar-refractivity contribution in [2.45, 2.75) is 27.3 Å². The first-order valence-electron chi connectivity index (χ1n) is 5.29. The van der Waals surface area contributed by atoms with Gasteiger partial charge in [-0.2, -0.15) is 0 Å². The van der Waals surface area contributed by atoms with Crippen molar-refractivity contribution in [3.63, 3.8) is 0 Å². The van der Waals surface area contributed by atoms with Gasteiger partial charge in [-0.1, -0.05) is 0 Å². The number of anilines is 1. The van der Waals surface area contributed by atoms with E-state index < -0.39 is 5.91 Å². The molecule has 0 spiro atoms. The Labute approximate surface area is 98.6 Å². The molecule has 0 fully saturated rings. The molecule has 2 heterocycles. The number of nitrogen functional groups attached to an aromatic ring is 1. The third kappa shape index (κ3) is 1.71. The number of aryl methyl sites for hydroxylation is 3. The summed E-state index contributed by atoms with van der Waals surface area (Å²) >= 11 is 0. The molecule has 0 saturated heterocycles. The highest BCUT2D eigenvalue weighted by Gasteiger charge is 2.16. The summed E-state index contributed by atoms with van der Waals surface area (Å²) in [5.74, 6) is 0.690. The highest BCUT2D eigenvalue weighted by atomic mass is 16.1. The third-order valence-electron chi connectivity index (χ3n) is 2.90. The van der Waals surface area contributed by atoms with E-state index in [1.807, 2.05) is 20.8 Å². The summed E-state index contributed by atoms with van der Waals surface area (Å²) in [6.45, 7) is 5.73. The first kappa shape index (κ1) is 11.4. The van der Waals surface area contributed by atoms with Crippen molar-refractivity contribution in [1.82, 2.24) is 14.5 Å². The van der Waals surface area contributed by atoms with E-state index in [2.05, 4.69) is 9.97 Å². The summed E-state index contributed by atoms with van der Waals surface area (Å²) in [6.07, 6.45) is 0. The average molecular weight is 233 g/mol. The number of hydrogen-bond acceptors (Lipinski definition) is 4. The molecule has 2 aromatic heterocycles. The molecular formula is C11H15N5O. The Morgan fingerprint density at radius 1 is 1.29 bits per heavy atom. The standard InChI is InChI=1S/C11H15N5O/c1-5-6(2)14-11(13)9-10(5)16(4-8(12)17)7(3)15-9/h4H2,1-3H3,(H2,12,17)(H2,13,14). The molecule has 0 aliphatic carbocycles. The molecule has 0 aliphatic rings. The average Bonchev–Trinajstić information content (AvgIpc) is 2.53. The monoisotopic (exact) mass is 233 g/mol. The first-order chi connectivity index (χ1) is 7.91. The Morgan fingerprint density at radius 3 is 2.53 bits per heavy atom. The van der Waals surface area contributed by atoms with Crippen molar-refractivity contribution < 1.29 is 4.79 Å². The second kappa shape index (κ2) is 3.73. The summed E-state index contributed by atoms with van der Waals surface area (Å²) < 4.78 is 1.78. The largest absolute Gasteiger partial charge is 0.382 e. The molecule has 90 valence electrons. The van der Waals surface area contributed by atoms with Gasteiger partial charge in [0.25, 0.3) is 0 Å². The second-order valence-electron chi connectivity index (χ2n) is 4.12. The fraction of sp³-hybridized carbons (Fsp3) is 0.364. The third-order valence-corrected chi connectivity index (χ3v) is 2.90. The van der Waals surface area contributed by atoms with Crippen LogP contribution in [0.5, 0.6) is 0 Å². The maximum absolute atomic E-state index is 11.1. The number of nitrogens with two attached hydrogens (primary N) is 2. The first-order valence-corrected chi connectivity index (χ1v) is 5.29. The SMILES string of the molecule is Cc1nc(N)c2nc(C)n(CC(N)=O)c2c1C. The smallest absolute Gasteiger partial charge is 0.237 e. The van der Waals surface area contributed by atoms with Gasteiger partial charge in [0.2, 0.25) is 5.91 Å². The van der Waals surface area contributed by atoms with Crippen LogP contribution in [0.25, 0.3) is 11.0 Å². The lowest BCUT2D eigenvalue weighted by Gasteiger charge is -2.08. The lowest BCUT2D eigenvalue weighted by Crippen LogP contribution is -2.19. The number of carbonyl (C=O) groups is 1. The number of primary amides is 1. The number of pyridine rings is 1. The predicted molar refractivity (Wildman–Crippen MR) is 65.3 cm³/mol. The fourth-order valence-corrected chi connectivity index (χ4v) is 1.96. The Hall–Kier alpha value is -2.11. The van der Waals surface area contributed by atoms with Crippen LogP contribution in [0.2, 0.25) is 0 Å². The minimum Gasteiger partial charge on any atom is -0.382 e. The minimum atomic E-state index is -0.403. The van der Waals surface area contributed by atoms with Gasteiger partial charge in [-0.05, 0) is 26.3 Å². The van der Waals surface area contributed by atoms with Gasteiger partial charge < -0.3 is 16.0 Å². The van der Waals surface area contributed by atoms with Crippen molar-refractivity contribution in [2.75, 3.05) is 5.73 Å². The van der Waals surface area contributed by atoms with Crippen LogP contribution in [-0.2, 0) is 11.3 Å². The lowest BCUT2D eigenvalue weighted by atomic mass is 10.2. The summed E-state index contributed by atoms with van der Waals surface area (Å²) in [5, 5.41) is 0. The van der Waals surface area contributed by atoms with Gasteiger partial charge >= 0.3 is 0 Å². The van der Waals surface area contributed by atoms with E-state index in [0.29, 0.717) is 17.2 Å². The zero-order chi connectivity index (χ0) is 12.7. The minimum absolute atomic E-state index is 0.103. The molecular weight excluding hydrogens is 218 g/mol. The molecule has 0 atom stereocenters. The van der Waals surface area contributed by atoms with Crippen molar-refractivity contribution in [1.29, 1.82) is 0 Å². The van der Waals surface area contributed by atoms with Crippen LogP contribution in [0.3, 0.4) is 0 Å². The van der Waals surface area contributed by atoms with Crippen LogP contribution in [0, 0.1) is 20.8 Å². The topological polar surface area (TPSA) is 99.8 Å². The van der Waals surface area contributed by atoms with Gasteiger partial charge in [0.05, 0.1) is 5.52 Å². The molecule has 2 aromatic rings. The maximum atomic E-state index is 11.1. The van der Waals surface area contributed by atoms with Crippen molar-refractivity contribution >= 4 is 22.8 Å². The Kier molecular flexibility index (Phi) is 2.49. The number of hydrogen-bond donors (Lipinski definition) is 2. The Morgan fingerprint density at radius 2 is 1.94 bits per heavy atom. The molecule has 0 aromatic carbocycles. The Balaban J connectivity index is 2.83. The van der Waals surface area contributed by atoms with Gasteiger partial charge in [0.15, 0.2) is 5.82 Å². The number of aromatic nitrogens is 3. The van der Waals surface area contributed by atoms with Crippen molar-refractivity contribution in [3.05, 3.63) is 17.1 Å². The lowest BCUT2D eigenvalue weighted by molar-refractivity contribution is -0.118. The van der Waals surface area contributed by atoms with Crippen LogP contribution in [0.15, 0.2) is 0 Å². The number of fused-ring (bicyclic) bond motifs is 1. The quantitative estimate of drug-likeness (QED) is 0.785. The number of amides is 1. The number of imidazole rings is 1. The molecule has 6 nitrogen and oxygen atoms in total. The van der Waals surface area contributed by atoms with Gasteiger partial charge in [-0.15, -0.1) is 0 Å². The van der Waals surface area contributed by atoms with Gasteiger partial charge in [-0.25, -0.2) is 9.97 Å². The molecule has 1 amide bonds. The number of rotatable bonds is 2. The van der Waals surface area contributed by atoms with Crippen LogP contribution >= 0.6 is 0 Å². The van der Waals surface area contributed by atoms with Crippen LogP contribution in [-0.4, -0.2) is 20.4 Å². The van der Waals surface area contributed by atoms with Crippen LogP contribution < -0.4 is 11.5 Å². The zero-order valence-electron chi connectivity index (χ0n) is 10.1.